The van der Waals surface area contributed by atoms with Gasteiger partial charge >= 0.3 is 5.97 Å². The molecule has 0 bridgehead atoms. The van der Waals surface area contributed by atoms with E-state index >= 15 is 0 Å². The summed E-state index contributed by atoms with van der Waals surface area (Å²) < 4.78 is 0. The predicted molar refractivity (Wildman–Crippen MR) is 245 cm³/mol. The zero-order valence-electron chi connectivity index (χ0n) is 39.4. The van der Waals surface area contributed by atoms with E-state index in [1.54, 1.807) is 0 Å². The molecule has 0 aromatic carbocycles. The molecule has 7 atom stereocenters. The molecule has 378 valence electrons. The third-order valence-electron chi connectivity index (χ3n) is 9.52. The van der Waals surface area contributed by atoms with Crippen LogP contribution in [0.2, 0.25) is 0 Å². The second-order valence-corrected chi connectivity index (χ2v) is 15.8. The lowest BCUT2D eigenvalue weighted by Gasteiger charge is -2.29. The zero-order valence-corrected chi connectivity index (χ0v) is 39.4. The molecule has 0 saturated carbocycles. The van der Waals surface area contributed by atoms with Gasteiger partial charge in [-0.05, 0) is 91.1 Å². The van der Waals surface area contributed by atoms with Gasteiger partial charge in [-0.15, -0.1) is 0 Å². The predicted octanol–water partition coefficient (Wildman–Crippen LogP) is 1.34. The van der Waals surface area contributed by atoms with Crippen molar-refractivity contribution in [2.24, 2.45) is 11.5 Å². The summed E-state index contributed by atoms with van der Waals surface area (Å²) in [5, 5.41) is 66.2. The fourth-order valence-electron chi connectivity index (χ4n) is 6.00. The van der Waals surface area contributed by atoms with Gasteiger partial charge in [-0.25, -0.2) is 4.79 Å². The SMILES string of the molecule is CC(=O)O.CC(=O)O.CCCCCCCC/C=C\CCCCCCCC(=O)N[C@@H](CCCCN)C(=O)N[C@H](C(=O)N[C@H](C(=O)N[C@@H](CCCN)C(=O)N[C@@H](CO)C(=O)O)[C@@H](C)O)[C@@H](C)O. The second kappa shape index (κ2) is 42.0. The van der Waals surface area contributed by atoms with Crippen molar-refractivity contribution in [2.45, 2.75) is 199 Å². The Bertz CT molecular complexity index is 1360. The van der Waals surface area contributed by atoms with Crippen molar-refractivity contribution in [3.63, 3.8) is 0 Å². The van der Waals surface area contributed by atoms with Gasteiger partial charge in [0, 0.05) is 20.3 Å². The highest BCUT2D eigenvalue weighted by Gasteiger charge is 2.35. The van der Waals surface area contributed by atoms with Gasteiger partial charge in [0.2, 0.25) is 29.5 Å². The van der Waals surface area contributed by atoms with Gasteiger partial charge in [-0.3, -0.25) is 33.6 Å². The lowest BCUT2D eigenvalue weighted by atomic mass is 10.0. The zero-order chi connectivity index (χ0) is 50.2. The van der Waals surface area contributed by atoms with E-state index in [0.29, 0.717) is 25.8 Å². The average Bonchev–Trinajstić information content (AvgIpc) is 3.22. The van der Waals surface area contributed by atoms with Crippen molar-refractivity contribution in [3.8, 4) is 0 Å². The number of aliphatic hydroxyl groups excluding tert-OH is 3. The Labute approximate surface area is 384 Å². The molecule has 0 heterocycles. The number of amides is 5. The highest BCUT2D eigenvalue weighted by molar-refractivity contribution is 5.96. The first-order valence-corrected chi connectivity index (χ1v) is 22.8. The third-order valence-corrected chi connectivity index (χ3v) is 9.52. The summed E-state index contributed by atoms with van der Waals surface area (Å²) in [5.41, 5.74) is 11.2. The van der Waals surface area contributed by atoms with Crippen molar-refractivity contribution >= 4 is 47.4 Å². The van der Waals surface area contributed by atoms with Gasteiger partial charge in [0.25, 0.3) is 11.9 Å². The number of rotatable bonds is 35. The van der Waals surface area contributed by atoms with Crippen molar-refractivity contribution in [2.75, 3.05) is 19.7 Å². The third kappa shape index (κ3) is 38.3. The standard InChI is InChI=1S/C40H75N7O10.2C2H4O2/c1-4-5-6-7-8-9-10-11-12-13-14-15-16-17-18-24-33(51)43-30(22-19-20-25-41)37(53)46-35(29(3)50)39(55)47-34(28(2)49)38(54)44-31(23-21-26-42)36(52)45-32(27-48)40(56)57;2*1-2(3)4/h11-12,28-32,34-35,48-50H,4-10,13-27,41-42H2,1-3H3,(H,43,51)(H,44,54)(H,45,52)(H,46,53)(H,47,55)(H,56,57);2*1H3,(H,3,4)/b12-11-;;/t28-,29-,30+,31+,32+,34+,35+;;/m1../s1. The maximum Gasteiger partial charge on any atom is 0.328 e. The minimum Gasteiger partial charge on any atom is -0.481 e. The van der Waals surface area contributed by atoms with E-state index in [4.69, 9.17) is 31.3 Å². The van der Waals surface area contributed by atoms with Crippen molar-refractivity contribution in [1.29, 1.82) is 0 Å². The van der Waals surface area contributed by atoms with Gasteiger partial charge < -0.3 is 68.7 Å². The number of unbranched alkanes of at least 4 members (excludes halogenated alkanes) is 12. The van der Waals surface area contributed by atoms with Gasteiger partial charge in [0.15, 0.2) is 0 Å². The first kappa shape index (κ1) is 64.6. The maximum absolute atomic E-state index is 13.4. The summed E-state index contributed by atoms with van der Waals surface area (Å²) >= 11 is 0. The molecule has 0 saturated heterocycles. The summed E-state index contributed by atoms with van der Waals surface area (Å²) in [7, 11) is 0. The maximum atomic E-state index is 13.4. The number of nitrogens with two attached hydrogens (primary N) is 2. The Balaban J connectivity index is -0.00000440. The number of aliphatic hydroxyl groups is 3. The van der Waals surface area contributed by atoms with Gasteiger partial charge in [-0.2, -0.15) is 0 Å². The first-order chi connectivity index (χ1) is 30.7. The molecule has 5 amide bonds. The van der Waals surface area contributed by atoms with Gasteiger partial charge in [-0.1, -0.05) is 70.4 Å². The molecule has 0 aliphatic heterocycles. The summed E-state index contributed by atoms with van der Waals surface area (Å²) in [6, 6.07) is -7.31. The van der Waals surface area contributed by atoms with E-state index < -0.39 is 90.6 Å². The number of allylic oxidation sites excluding steroid dienone is 2. The molecule has 0 spiro atoms. The van der Waals surface area contributed by atoms with Crippen LogP contribution in [0.15, 0.2) is 12.2 Å². The lowest BCUT2D eigenvalue weighted by Crippen LogP contribution is -2.62. The molecule has 21 nitrogen and oxygen atoms in total. The largest absolute Gasteiger partial charge is 0.481 e. The Kier molecular flexibility index (Phi) is 41.7. The first-order valence-electron chi connectivity index (χ1n) is 22.8. The van der Waals surface area contributed by atoms with Crippen LogP contribution < -0.4 is 38.1 Å². The minimum absolute atomic E-state index is 0.0345. The summed E-state index contributed by atoms with van der Waals surface area (Å²) in [5.74, 6) is -7.23. The van der Waals surface area contributed by atoms with Crippen molar-refractivity contribution in [1.82, 2.24) is 26.6 Å². The molecule has 0 aliphatic rings. The number of aliphatic carboxylic acids is 3. The number of nitrogens with one attached hydrogen (secondary N) is 5. The number of carboxylic acids is 3. The molecular formula is C44H83N7O14. The molecule has 21 heteroatoms. The van der Waals surface area contributed by atoms with Crippen LogP contribution in [0.25, 0.3) is 0 Å². The van der Waals surface area contributed by atoms with Crippen LogP contribution in [-0.2, 0) is 38.4 Å². The van der Waals surface area contributed by atoms with Crippen molar-refractivity contribution < 1.29 is 69.0 Å². The molecule has 0 fully saturated rings. The monoisotopic (exact) mass is 934 g/mol. The number of hydrogen-bond acceptors (Lipinski definition) is 13. The quantitative estimate of drug-likeness (QED) is 0.0315. The molecule has 0 aromatic rings. The summed E-state index contributed by atoms with van der Waals surface area (Å²) in [6.07, 6.45) is 17.9. The summed E-state index contributed by atoms with van der Waals surface area (Å²) in [6.45, 7) is 6.41. The summed E-state index contributed by atoms with van der Waals surface area (Å²) in [4.78, 5) is 95.1. The van der Waals surface area contributed by atoms with E-state index in [1.807, 2.05) is 0 Å². The van der Waals surface area contributed by atoms with Crippen LogP contribution in [0, 0.1) is 0 Å². The topological polar surface area (TPSA) is 370 Å². The van der Waals surface area contributed by atoms with E-state index in [9.17, 15) is 49.2 Å². The fourth-order valence-corrected chi connectivity index (χ4v) is 6.00. The van der Waals surface area contributed by atoms with Crippen LogP contribution >= 0.6 is 0 Å². The molecule has 0 rings (SSSR count). The van der Waals surface area contributed by atoms with Gasteiger partial charge in [0.05, 0.1) is 18.8 Å². The van der Waals surface area contributed by atoms with Crippen LogP contribution in [0.1, 0.15) is 157 Å². The smallest absolute Gasteiger partial charge is 0.328 e. The Morgan fingerprint density at radius 3 is 1.34 bits per heavy atom. The number of carbonyl (C=O) groups excluding carboxylic acids is 5. The molecule has 0 radical (unpaired) electrons. The minimum atomic E-state index is -1.68. The Hall–Kier alpha value is -4.70. The van der Waals surface area contributed by atoms with E-state index in [1.165, 1.54) is 52.4 Å². The molecular weight excluding hydrogens is 851 g/mol. The second-order valence-electron chi connectivity index (χ2n) is 15.8. The van der Waals surface area contributed by atoms with E-state index in [0.717, 1.165) is 52.4 Å². The lowest BCUT2D eigenvalue weighted by molar-refractivity contribution is -0.143. The van der Waals surface area contributed by atoms with E-state index in [-0.39, 0.29) is 38.1 Å². The molecule has 0 unspecified atom stereocenters. The van der Waals surface area contributed by atoms with Crippen molar-refractivity contribution in [3.05, 3.63) is 12.2 Å². The van der Waals surface area contributed by atoms with Crippen LogP contribution in [0.5, 0.6) is 0 Å². The highest BCUT2D eigenvalue weighted by atomic mass is 16.4. The average molecular weight is 934 g/mol. The highest BCUT2D eigenvalue weighted by Crippen LogP contribution is 2.11. The fraction of sp³-hybridized carbons (Fsp3) is 0.773. The molecule has 15 N–H and O–H groups in total. The van der Waals surface area contributed by atoms with Crippen LogP contribution in [0.3, 0.4) is 0 Å². The Morgan fingerprint density at radius 2 is 0.892 bits per heavy atom. The van der Waals surface area contributed by atoms with Gasteiger partial charge in [0.1, 0.15) is 30.2 Å². The number of carboxylic acid groups (broad SMARTS) is 3. The Morgan fingerprint density at radius 1 is 0.508 bits per heavy atom. The molecule has 0 aliphatic carbocycles. The van der Waals surface area contributed by atoms with E-state index in [2.05, 4.69) is 45.7 Å². The normalized spacial score (nSPS) is 14.0. The number of hydrogen-bond donors (Lipinski definition) is 13. The molecule has 0 aromatic heterocycles. The molecule has 65 heavy (non-hydrogen) atoms. The van der Waals surface area contributed by atoms with Crippen LogP contribution in [0.4, 0.5) is 0 Å². The van der Waals surface area contributed by atoms with Crippen LogP contribution in [-0.4, -0.2) is 140 Å². The number of carbonyl (C=O) groups is 8.